The number of ether oxygens (including phenoxy) is 1. The number of urea groups is 1. The van der Waals surface area contributed by atoms with Crippen molar-refractivity contribution >= 4 is 52.2 Å². The molecule has 7 nitrogen and oxygen atoms in total. The van der Waals surface area contributed by atoms with Gasteiger partial charge in [0.15, 0.2) is 0 Å². The van der Waals surface area contributed by atoms with Crippen LogP contribution in [0.25, 0.3) is 0 Å². The quantitative estimate of drug-likeness (QED) is 0.414. The van der Waals surface area contributed by atoms with Crippen LogP contribution in [0.1, 0.15) is 21.1 Å². The first-order valence-corrected chi connectivity index (χ1v) is 11.5. The second-order valence-corrected chi connectivity index (χ2v) is 8.67. The summed E-state index contributed by atoms with van der Waals surface area (Å²) in [4.78, 5) is 31.1. The van der Waals surface area contributed by atoms with Crippen LogP contribution in [0, 0.1) is 5.82 Å². The highest BCUT2D eigenvalue weighted by atomic mass is 35.5. The van der Waals surface area contributed by atoms with E-state index in [9.17, 15) is 14.0 Å². The standard InChI is InChI=1S/C22H21Cl2FN4O3S/c1-32-9-8-29(22(31)27-16-6-7-17(23)18(24)10-16)12-20-28-19(13-33-20)21(30)26-11-14-2-4-15(25)5-3-14/h2-7,10,13H,8-9,11-12H2,1H3,(H,26,30)(H,27,31). The molecule has 0 saturated carbocycles. The van der Waals surface area contributed by atoms with Crippen molar-refractivity contribution in [3.05, 3.63) is 80.0 Å². The van der Waals surface area contributed by atoms with Gasteiger partial charge in [-0.2, -0.15) is 0 Å². The minimum Gasteiger partial charge on any atom is -0.383 e. The number of thiazole rings is 1. The number of methoxy groups -OCH3 is 1. The highest BCUT2D eigenvalue weighted by Gasteiger charge is 2.18. The van der Waals surface area contributed by atoms with Gasteiger partial charge in [-0.1, -0.05) is 35.3 Å². The van der Waals surface area contributed by atoms with Gasteiger partial charge in [0.1, 0.15) is 16.5 Å². The largest absolute Gasteiger partial charge is 0.383 e. The van der Waals surface area contributed by atoms with E-state index in [0.717, 1.165) is 5.56 Å². The maximum absolute atomic E-state index is 13.0. The van der Waals surface area contributed by atoms with E-state index in [0.29, 0.717) is 33.9 Å². The van der Waals surface area contributed by atoms with Crippen molar-refractivity contribution in [2.45, 2.75) is 13.1 Å². The molecule has 0 aliphatic carbocycles. The topological polar surface area (TPSA) is 83.6 Å². The number of carbonyl (C=O) groups is 2. The van der Waals surface area contributed by atoms with E-state index in [1.54, 1.807) is 42.8 Å². The monoisotopic (exact) mass is 510 g/mol. The number of nitrogens with zero attached hydrogens (tertiary/aromatic N) is 2. The molecular weight excluding hydrogens is 490 g/mol. The molecule has 33 heavy (non-hydrogen) atoms. The predicted molar refractivity (Wildman–Crippen MR) is 127 cm³/mol. The summed E-state index contributed by atoms with van der Waals surface area (Å²) in [5.74, 6) is -0.694. The second-order valence-electron chi connectivity index (χ2n) is 6.91. The van der Waals surface area contributed by atoms with Crippen molar-refractivity contribution in [3.8, 4) is 0 Å². The number of hydrogen-bond donors (Lipinski definition) is 2. The Balaban J connectivity index is 1.61. The normalized spacial score (nSPS) is 10.7. The number of nitrogens with one attached hydrogen (secondary N) is 2. The summed E-state index contributed by atoms with van der Waals surface area (Å²) in [5.41, 5.74) is 1.51. The molecule has 174 valence electrons. The van der Waals surface area contributed by atoms with E-state index in [1.165, 1.54) is 28.4 Å². The third-order valence-corrected chi connectivity index (χ3v) is 6.07. The van der Waals surface area contributed by atoms with E-state index in [1.807, 2.05) is 0 Å². The van der Waals surface area contributed by atoms with Gasteiger partial charge < -0.3 is 20.3 Å². The van der Waals surface area contributed by atoms with Crippen LogP contribution in [0.2, 0.25) is 10.0 Å². The van der Waals surface area contributed by atoms with Gasteiger partial charge in [-0.25, -0.2) is 14.2 Å². The average molecular weight is 511 g/mol. The highest BCUT2D eigenvalue weighted by Crippen LogP contribution is 2.25. The van der Waals surface area contributed by atoms with Crippen molar-refractivity contribution in [2.24, 2.45) is 0 Å². The molecule has 3 aromatic rings. The van der Waals surface area contributed by atoms with Crippen LogP contribution < -0.4 is 10.6 Å². The second kappa shape index (κ2) is 11.9. The van der Waals surface area contributed by atoms with E-state index >= 15 is 0 Å². The number of carbonyl (C=O) groups excluding carboxylic acids is 2. The molecule has 1 heterocycles. The molecule has 0 fully saturated rings. The van der Waals surface area contributed by atoms with Crippen molar-refractivity contribution < 1.29 is 18.7 Å². The summed E-state index contributed by atoms with van der Waals surface area (Å²) in [5, 5.41) is 8.44. The summed E-state index contributed by atoms with van der Waals surface area (Å²) in [6.45, 7) is 1.07. The third-order valence-electron chi connectivity index (χ3n) is 4.50. The number of amides is 3. The average Bonchev–Trinajstić information content (AvgIpc) is 3.27. The van der Waals surface area contributed by atoms with E-state index in [4.69, 9.17) is 27.9 Å². The molecule has 0 aliphatic rings. The van der Waals surface area contributed by atoms with Gasteiger partial charge >= 0.3 is 6.03 Å². The molecule has 11 heteroatoms. The smallest absolute Gasteiger partial charge is 0.322 e. The Morgan fingerprint density at radius 2 is 1.91 bits per heavy atom. The molecule has 3 amide bonds. The molecule has 0 aliphatic heterocycles. The lowest BCUT2D eigenvalue weighted by molar-refractivity contribution is 0.0946. The summed E-state index contributed by atoms with van der Waals surface area (Å²) in [6.07, 6.45) is 0. The molecule has 2 aromatic carbocycles. The first kappa shape index (κ1) is 24.9. The minimum atomic E-state index is -0.372. The Hall–Kier alpha value is -2.72. The van der Waals surface area contributed by atoms with Crippen molar-refractivity contribution in [3.63, 3.8) is 0 Å². The van der Waals surface area contributed by atoms with Crippen molar-refractivity contribution in [1.82, 2.24) is 15.2 Å². The van der Waals surface area contributed by atoms with Gasteiger partial charge in [0.05, 0.1) is 23.2 Å². The predicted octanol–water partition coefficient (Wildman–Crippen LogP) is 5.20. The van der Waals surface area contributed by atoms with Crippen LogP contribution in [0.15, 0.2) is 47.8 Å². The number of hydrogen-bond acceptors (Lipinski definition) is 5. The number of benzene rings is 2. The Morgan fingerprint density at radius 3 is 2.61 bits per heavy atom. The van der Waals surface area contributed by atoms with Gasteiger partial charge in [-0.15, -0.1) is 11.3 Å². The van der Waals surface area contributed by atoms with Gasteiger partial charge in [-0.05, 0) is 35.9 Å². The van der Waals surface area contributed by atoms with Crippen molar-refractivity contribution in [2.75, 3.05) is 25.6 Å². The Labute approximate surface area is 204 Å². The number of halogens is 3. The Morgan fingerprint density at radius 1 is 1.15 bits per heavy atom. The molecule has 0 unspecified atom stereocenters. The zero-order valence-corrected chi connectivity index (χ0v) is 19.9. The fourth-order valence-electron chi connectivity index (χ4n) is 2.76. The lowest BCUT2D eigenvalue weighted by Crippen LogP contribution is -2.36. The van der Waals surface area contributed by atoms with Crippen LogP contribution in [0.3, 0.4) is 0 Å². The van der Waals surface area contributed by atoms with Gasteiger partial charge in [-0.3, -0.25) is 4.79 Å². The van der Waals surface area contributed by atoms with Crippen LogP contribution in [0.5, 0.6) is 0 Å². The molecule has 3 rings (SSSR count). The zero-order chi connectivity index (χ0) is 23.8. The summed E-state index contributed by atoms with van der Waals surface area (Å²) >= 11 is 13.2. The summed E-state index contributed by atoms with van der Waals surface area (Å²) in [6, 6.07) is 10.3. The van der Waals surface area contributed by atoms with Crippen LogP contribution in [-0.4, -0.2) is 42.1 Å². The van der Waals surface area contributed by atoms with Crippen LogP contribution in [-0.2, 0) is 17.8 Å². The fraction of sp³-hybridized carbons (Fsp3) is 0.227. The molecular formula is C22H21Cl2FN4O3S. The lowest BCUT2D eigenvalue weighted by Gasteiger charge is -2.22. The molecule has 0 spiro atoms. The molecule has 0 bridgehead atoms. The maximum Gasteiger partial charge on any atom is 0.322 e. The third kappa shape index (κ3) is 7.40. The van der Waals surface area contributed by atoms with Gasteiger partial charge in [0, 0.05) is 31.3 Å². The maximum atomic E-state index is 13.0. The van der Waals surface area contributed by atoms with Crippen molar-refractivity contribution in [1.29, 1.82) is 0 Å². The van der Waals surface area contributed by atoms with Crippen LogP contribution in [0.4, 0.5) is 14.9 Å². The first-order valence-electron chi connectivity index (χ1n) is 9.82. The number of anilines is 1. The van der Waals surface area contributed by atoms with E-state index in [-0.39, 0.29) is 36.5 Å². The molecule has 2 N–H and O–H groups in total. The summed E-state index contributed by atoms with van der Waals surface area (Å²) < 4.78 is 18.1. The molecule has 0 saturated heterocycles. The zero-order valence-electron chi connectivity index (χ0n) is 17.6. The van der Waals surface area contributed by atoms with Crippen LogP contribution >= 0.6 is 34.5 Å². The highest BCUT2D eigenvalue weighted by molar-refractivity contribution is 7.09. The SMILES string of the molecule is COCCN(Cc1nc(C(=O)NCc2ccc(F)cc2)cs1)C(=O)Nc1ccc(Cl)c(Cl)c1. The molecule has 0 radical (unpaired) electrons. The fourth-order valence-corrected chi connectivity index (χ4v) is 3.84. The Kier molecular flexibility index (Phi) is 9.02. The number of aromatic nitrogens is 1. The lowest BCUT2D eigenvalue weighted by atomic mass is 10.2. The van der Waals surface area contributed by atoms with Gasteiger partial charge in [0.25, 0.3) is 5.91 Å². The Bertz CT molecular complexity index is 1110. The summed E-state index contributed by atoms with van der Waals surface area (Å²) in [7, 11) is 1.54. The van der Waals surface area contributed by atoms with E-state index < -0.39 is 0 Å². The first-order chi connectivity index (χ1) is 15.9. The minimum absolute atomic E-state index is 0.187. The number of rotatable bonds is 9. The molecule has 1 aromatic heterocycles. The van der Waals surface area contributed by atoms with E-state index in [2.05, 4.69) is 15.6 Å². The molecule has 0 atom stereocenters. The van der Waals surface area contributed by atoms with Gasteiger partial charge in [0.2, 0.25) is 0 Å².